The van der Waals surface area contributed by atoms with Gasteiger partial charge in [-0.05, 0) is 17.7 Å². The topological polar surface area (TPSA) is 92.4 Å². The van der Waals surface area contributed by atoms with Gasteiger partial charge in [0, 0.05) is 18.2 Å². The number of amides is 1. The molecule has 17 heavy (non-hydrogen) atoms. The highest BCUT2D eigenvalue weighted by Crippen LogP contribution is 2.17. The van der Waals surface area contributed by atoms with Gasteiger partial charge in [-0.3, -0.25) is 9.59 Å². The molecule has 1 amide bonds. The number of anilines is 1. The lowest BCUT2D eigenvalue weighted by Gasteiger charge is -2.10. The van der Waals surface area contributed by atoms with Crippen LogP contribution in [0.5, 0.6) is 0 Å². The van der Waals surface area contributed by atoms with Crippen LogP contribution in [0, 0.1) is 0 Å². The molecule has 0 heterocycles. The first-order valence-corrected chi connectivity index (χ1v) is 5.40. The third-order valence-electron chi connectivity index (χ3n) is 2.34. The third kappa shape index (κ3) is 4.24. The van der Waals surface area contributed by atoms with Crippen LogP contribution in [0.4, 0.5) is 5.69 Å². The highest BCUT2D eigenvalue weighted by molar-refractivity contribution is 5.90. The van der Waals surface area contributed by atoms with Gasteiger partial charge in [-0.15, -0.1) is 0 Å². The van der Waals surface area contributed by atoms with Crippen LogP contribution < -0.4 is 11.1 Å². The van der Waals surface area contributed by atoms with E-state index in [-0.39, 0.29) is 12.3 Å². The molecule has 1 aromatic carbocycles. The Morgan fingerprint density at radius 2 is 1.94 bits per heavy atom. The second-order valence-electron chi connectivity index (χ2n) is 3.73. The first-order chi connectivity index (χ1) is 8.02. The minimum absolute atomic E-state index is 0.0624. The van der Waals surface area contributed by atoms with E-state index in [1.165, 1.54) is 0 Å². The third-order valence-corrected chi connectivity index (χ3v) is 2.34. The number of nitrogens with two attached hydrogens (primary N) is 1. The predicted molar refractivity (Wildman–Crippen MR) is 64.5 cm³/mol. The van der Waals surface area contributed by atoms with Gasteiger partial charge in [-0.25, -0.2) is 0 Å². The van der Waals surface area contributed by atoms with E-state index in [1.807, 2.05) is 0 Å². The number of nitrogens with one attached hydrogen (secondary N) is 1. The van der Waals surface area contributed by atoms with Crippen LogP contribution in [0.1, 0.15) is 31.4 Å². The predicted octanol–water partition coefficient (Wildman–Crippen LogP) is 1.51. The molecule has 0 aromatic heterocycles. The number of carboxylic acid groups (broad SMARTS) is 1. The van der Waals surface area contributed by atoms with Crippen LogP contribution in [0.15, 0.2) is 24.3 Å². The maximum Gasteiger partial charge on any atom is 0.305 e. The van der Waals surface area contributed by atoms with Gasteiger partial charge in [0.05, 0.1) is 6.42 Å². The number of aliphatic carboxylic acids is 1. The zero-order valence-corrected chi connectivity index (χ0v) is 9.64. The highest BCUT2D eigenvalue weighted by Gasteiger charge is 2.10. The quantitative estimate of drug-likeness (QED) is 0.722. The number of carbonyl (C=O) groups excluding carboxylic acids is 1. The number of rotatable bonds is 5. The molecule has 0 saturated heterocycles. The molecule has 0 fully saturated rings. The minimum atomic E-state index is -0.930. The van der Waals surface area contributed by atoms with E-state index in [0.29, 0.717) is 12.1 Å². The van der Waals surface area contributed by atoms with Gasteiger partial charge in [0.2, 0.25) is 5.91 Å². The van der Waals surface area contributed by atoms with Crippen molar-refractivity contribution in [3.63, 3.8) is 0 Å². The Labute approximate surface area is 99.6 Å². The van der Waals surface area contributed by atoms with Crippen LogP contribution in [0.2, 0.25) is 0 Å². The lowest BCUT2D eigenvalue weighted by Crippen LogP contribution is -2.15. The molecular weight excluding hydrogens is 220 g/mol. The molecule has 0 bridgehead atoms. The monoisotopic (exact) mass is 236 g/mol. The molecule has 0 spiro atoms. The molecule has 1 unspecified atom stereocenters. The first kappa shape index (κ1) is 13.2. The van der Waals surface area contributed by atoms with E-state index in [2.05, 4.69) is 5.32 Å². The van der Waals surface area contributed by atoms with E-state index in [0.717, 1.165) is 5.56 Å². The van der Waals surface area contributed by atoms with Crippen molar-refractivity contribution in [3.8, 4) is 0 Å². The maximum atomic E-state index is 11.1. The first-order valence-electron chi connectivity index (χ1n) is 5.40. The Hall–Kier alpha value is -1.88. The number of carbonyl (C=O) groups is 2. The number of hydrogen-bond acceptors (Lipinski definition) is 3. The van der Waals surface area contributed by atoms with Crippen molar-refractivity contribution in [1.82, 2.24) is 0 Å². The fraction of sp³-hybridized carbons (Fsp3) is 0.333. The summed E-state index contributed by atoms with van der Waals surface area (Å²) in [6.07, 6.45) is 0.306. The van der Waals surface area contributed by atoms with Gasteiger partial charge >= 0.3 is 5.97 Å². The zero-order valence-electron chi connectivity index (χ0n) is 9.64. The zero-order chi connectivity index (χ0) is 12.8. The van der Waals surface area contributed by atoms with Crippen LogP contribution >= 0.6 is 0 Å². The molecule has 1 aromatic rings. The van der Waals surface area contributed by atoms with Crippen molar-refractivity contribution in [2.45, 2.75) is 25.8 Å². The molecule has 0 aliphatic heterocycles. The lowest BCUT2D eigenvalue weighted by molar-refractivity contribution is -0.137. The van der Waals surface area contributed by atoms with Crippen LogP contribution in [0.25, 0.3) is 0 Å². The second kappa shape index (κ2) is 6.00. The summed E-state index contributed by atoms with van der Waals surface area (Å²) in [5, 5.41) is 11.3. The smallest absolute Gasteiger partial charge is 0.305 e. The second-order valence-corrected chi connectivity index (χ2v) is 3.73. The number of carboxylic acids is 1. The van der Waals surface area contributed by atoms with Crippen molar-refractivity contribution in [2.75, 3.05) is 5.32 Å². The van der Waals surface area contributed by atoms with E-state index in [9.17, 15) is 9.59 Å². The summed E-state index contributed by atoms with van der Waals surface area (Å²) in [5.74, 6) is -0.992. The summed E-state index contributed by atoms with van der Waals surface area (Å²) in [6, 6.07) is 6.34. The van der Waals surface area contributed by atoms with Gasteiger partial charge in [-0.1, -0.05) is 19.1 Å². The SMILES string of the molecule is CCC(=O)Nc1ccc(C(N)CC(=O)O)cc1. The molecule has 5 nitrogen and oxygen atoms in total. The Morgan fingerprint density at radius 3 is 2.41 bits per heavy atom. The molecular formula is C12H16N2O3. The van der Waals surface area contributed by atoms with E-state index < -0.39 is 12.0 Å². The van der Waals surface area contributed by atoms with Crippen LogP contribution in [-0.4, -0.2) is 17.0 Å². The number of hydrogen-bond donors (Lipinski definition) is 3. The molecule has 0 radical (unpaired) electrons. The average Bonchev–Trinajstić information content (AvgIpc) is 2.28. The standard InChI is InChI=1S/C12H16N2O3/c1-2-11(15)14-9-5-3-8(4-6-9)10(13)7-12(16)17/h3-6,10H,2,7,13H2,1H3,(H,14,15)(H,16,17). The van der Waals surface area contributed by atoms with Gasteiger partial charge in [0.25, 0.3) is 0 Å². The Balaban J connectivity index is 2.67. The average molecular weight is 236 g/mol. The fourth-order valence-electron chi connectivity index (χ4n) is 1.37. The Morgan fingerprint density at radius 1 is 1.35 bits per heavy atom. The summed E-state index contributed by atoms with van der Waals surface area (Å²) in [4.78, 5) is 21.6. The summed E-state index contributed by atoms with van der Waals surface area (Å²) < 4.78 is 0. The van der Waals surface area contributed by atoms with Crippen LogP contribution in [-0.2, 0) is 9.59 Å². The van der Waals surface area contributed by atoms with Crippen LogP contribution in [0.3, 0.4) is 0 Å². The van der Waals surface area contributed by atoms with E-state index in [4.69, 9.17) is 10.8 Å². The molecule has 0 aliphatic rings. The number of benzene rings is 1. The highest BCUT2D eigenvalue weighted by atomic mass is 16.4. The van der Waals surface area contributed by atoms with E-state index >= 15 is 0 Å². The van der Waals surface area contributed by atoms with Crippen molar-refractivity contribution in [1.29, 1.82) is 0 Å². The maximum absolute atomic E-state index is 11.1. The van der Waals surface area contributed by atoms with Crippen molar-refractivity contribution in [3.05, 3.63) is 29.8 Å². The molecule has 4 N–H and O–H groups in total. The molecule has 0 aliphatic carbocycles. The molecule has 1 atom stereocenters. The summed E-state index contributed by atoms with van der Waals surface area (Å²) in [5.41, 5.74) is 7.13. The van der Waals surface area contributed by atoms with Gasteiger partial charge in [-0.2, -0.15) is 0 Å². The van der Waals surface area contributed by atoms with Gasteiger partial charge in [0.1, 0.15) is 0 Å². The summed E-state index contributed by atoms with van der Waals surface area (Å²) in [7, 11) is 0. The molecule has 92 valence electrons. The van der Waals surface area contributed by atoms with Crippen molar-refractivity contribution < 1.29 is 14.7 Å². The molecule has 0 saturated carbocycles. The summed E-state index contributed by atoms with van der Waals surface area (Å²) >= 11 is 0. The lowest BCUT2D eigenvalue weighted by atomic mass is 10.0. The van der Waals surface area contributed by atoms with Crippen molar-refractivity contribution in [2.24, 2.45) is 5.73 Å². The van der Waals surface area contributed by atoms with E-state index in [1.54, 1.807) is 31.2 Å². The molecule has 1 rings (SSSR count). The summed E-state index contributed by atoms with van der Waals surface area (Å²) in [6.45, 7) is 1.77. The van der Waals surface area contributed by atoms with Gasteiger partial charge in [0.15, 0.2) is 0 Å². The van der Waals surface area contributed by atoms with Gasteiger partial charge < -0.3 is 16.2 Å². The molecule has 5 heteroatoms. The largest absolute Gasteiger partial charge is 0.481 e. The minimum Gasteiger partial charge on any atom is -0.481 e. The normalized spacial score (nSPS) is 11.9. The Bertz CT molecular complexity index is 401. The Kier molecular flexibility index (Phi) is 4.66. The van der Waals surface area contributed by atoms with Crippen molar-refractivity contribution >= 4 is 17.6 Å². The fourth-order valence-corrected chi connectivity index (χ4v) is 1.37.